The van der Waals surface area contributed by atoms with Gasteiger partial charge in [0, 0.05) is 23.9 Å². The summed E-state index contributed by atoms with van der Waals surface area (Å²) in [6.07, 6.45) is 1.85. The summed E-state index contributed by atoms with van der Waals surface area (Å²) < 4.78 is 10.8. The number of benzene rings is 1. The number of aryl methyl sites for hydroxylation is 2. The van der Waals surface area contributed by atoms with E-state index in [-0.39, 0.29) is 12.1 Å². The molecule has 0 radical (unpaired) electrons. The summed E-state index contributed by atoms with van der Waals surface area (Å²) in [6, 6.07) is 9.43. The summed E-state index contributed by atoms with van der Waals surface area (Å²) >= 11 is 0. The second-order valence-corrected chi connectivity index (χ2v) is 6.56. The molecule has 1 aliphatic heterocycles. The van der Waals surface area contributed by atoms with Crippen LogP contribution in [0.15, 0.2) is 30.3 Å². The molecular weight excluding hydrogens is 330 g/mol. The number of nitrogens with one attached hydrogen (secondary N) is 1. The van der Waals surface area contributed by atoms with Gasteiger partial charge in [-0.05, 0) is 56.5 Å². The predicted molar refractivity (Wildman–Crippen MR) is 101 cm³/mol. The number of likely N-dealkylation sites (tertiary alicyclic amines) is 1. The molecule has 1 N–H and O–H groups in total. The Morgan fingerprint density at radius 3 is 2.69 bits per heavy atom. The number of methoxy groups -OCH3 is 2. The number of anilines is 1. The Hall–Kier alpha value is -2.76. The summed E-state index contributed by atoms with van der Waals surface area (Å²) in [4.78, 5) is 19.1. The third kappa shape index (κ3) is 3.74. The monoisotopic (exact) mass is 355 g/mol. The van der Waals surface area contributed by atoms with Crippen molar-refractivity contribution in [1.82, 2.24) is 9.88 Å². The highest BCUT2D eigenvalue weighted by Crippen LogP contribution is 2.38. The maximum atomic E-state index is 12.9. The van der Waals surface area contributed by atoms with Gasteiger partial charge in [-0.2, -0.15) is 0 Å². The van der Waals surface area contributed by atoms with Crippen LogP contribution in [0.1, 0.15) is 35.7 Å². The van der Waals surface area contributed by atoms with E-state index in [0.717, 1.165) is 41.2 Å². The molecule has 1 saturated heterocycles. The second-order valence-electron chi connectivity index (χ2n) is 6.56. The molecule has 1 atom stereocenters. The zero-order valence-corrected chi connectivity index (χ0v) is 15.7. The van der Waals surface area contributed by atoms with E-state index in [2.05, 4.69) is 10.3 Å². The fourth-order valence-corrected chi connectivity index (χ4v) is 3.51. The number of hydrogen-bond donors (Lipinski definition) is 1. The van der Waals surface area contributed by atoms with Gasteiger partial charge in [-0.3, -0.25) is 5.32 Å². The normalized spacial score (nSPS) is 16.5. The van der Waals surface area contributed by atoms with E-state index in [1.807, 2.05) is 49.1 Å². The Labute approximate surface area is 154 Å². The van der Waals surface area contributed by atoms with E-state index < -0.39 is 0 Å². The average molecular weight is 355 g/mol. The minimum Gasteiger partial charge on any atom is -0.497 e. The lowest BCUT2D eigenvalue weighted by Gasteiger charge is -2.26. The van der Waals surface area contributed by atoms with Crippen molar-refractivity contribution in [2.24, 2.45) is 0 Å². The van der Waals surface area contributed by atoms with E-state index in [1.54, 1.807) is 14.2 Å². The molecule has 1 aromatic heterocycles. The fourth-order valence-electron chi connectivity index (χ4n) is 3.51. The number of pyridine rings is 1. The molecule has 2 aromatic rings. The summed E-state index contributed by atoms with van der Waals surface area (Å²) in [7, 11) is 3.26. The van der Waals surface area contributed by atoms with E-state index in [9.17, 15) is 4.79 Å². The first kappa shape index (κ1) is 18.0. The van der Waals surface area contributed by atoms with Crippen LogP contribution in [0, 0.1) is 13.8 Å². The van der Waals surface area contributed by atoms with Crippen LogP contribution in [0.5, 0.6) is 11.5 Å². The number of hydrogen-bond acceptors (Lipinski definition) is 4. The van der Waals surface area contributed by atoms with Crippen molar-refractivity contribution in [2.45, 2.75) is 32.7 Å². The van der Waals surface area contributed by atoms with Gasteiger partial charge in [0.2, 0.25) is 0 Å². The molecule has 3 rings (SSSR count). The highest BCUT2D eigenvalue weighted by Gasteiger charge is 2.32. The number of aromatic nitrogens is 1. The Morgan fingerprint density at radius 1 is 1.19 bits per heavy atom. The molecule has 0 saturated carbocycles. The third-order valence-electron chi connectivity index (χ3n) is 4.65. The van der Waals surface area contributed by atoms with Gasteiger partial charge < -0.3 is 14.4 Å². The first-order valence-corrected chi connectivity index (χ1v) is 8.76. The van der Waals surface area contributed by atoms with E-state index in [4.69, 9.17) is 9.47 Å². The van der Waals surface area contributed by atoms with Gasteiger partial charge in [0.15, 0.2) is 0 Å². The molecule has 0 unspecified atom stereocenters. The molecule has 1 aliphatic rings. The number of nitrogens with zero attached hydrogens (tertiary/aromatic N) is 2. The topological polar surface area (TPSA) is 63.7 Å². The van der Waals surface area contributed by atoms with Crippen molar-refractivity contribution in [2.75, 3.05) is 26.1 Å². The minimum atomic E-state index is -0.136. The van der Waals surface area contributed by atoms with Crippen molar-refractivity contribution in [3.63, 3.8) is 0 Å². The van der Waals surface area contributed by atoms with Gasteiger partial charge in [-0.25, -0.2) is 9.78 Å². The minimum absolute atomic E-state index is 0.0261. The van der Waals surface area contributed by atoms with Crippen molar-refractivity contribution in [1.29, 1.82) is 0 Å². The standard InChI is InChI=1S/C20H25N3O3/c1-13-10-14(2)21-19(11-13)22-20(24)23-9-5-6-17(23)16-8-7-15(25-3)12-18(16)26-4/h7-8,10-12,17H,5-6,9H2,1-4H3,(H,21,22,24)/t17-/m1/s1. The third-order valence-corrected chi connectivity index (χ3v) is 4.65. The van der Waals surface area contributed by atoms with Gasteiger partial charge in [-0.1, -0.05) is 0 Å². The van der Waals surface area contributed by atoms with E-state index in [1.165, 1.54) is 0 Å². The molecule has 1 aromatic carbocycles. The number of ether oxygens (including phenoxy) is 2. The molecule has 0 bridgehead atoms. The van der Waals surface area contributed by atoms with Crippen molar-refractivity contribution >= 4 is 11.8 Å². The van der Waals surface area contributed by atoms with Gasteiger partial charge >= 0.3 is 6.03 Å². The molecule has 0 aliphatic carbocycles. The highest BCUT2D eigenvalue weighted by molar-refractivity contribution is 5.89. The molecule has 1 fully saturated rings. The maximum Gasteiger partial charge on any atom is 0.323 e. The Morgan fingerprint density at radius 2 is 2.00 bits per heavy atom. The lowest BCUT2D eigenvalue weighted by Crippen LogP contribution is -2.34. The van der Waals surface area contributed by atoms with Gasteiger partial charge in [0.1, 0.15) is 17.3 Å². The zero-order valence-electron chi connectivity index (χ0n) is 15.7. The van der Waals surface area contributed by atoms with Gasteiger partial charge in [0.05, 0.1) is 20.3 Å². The van der Waals surface area contributed by atoms with Crippen LogP contribution in [-0.4, -0.2) is 36.7 Å². The molecule has 138 valence electrons. The first-order valence-electron chi connectivity index (χ1n) is 8.76. The van der Waals surface area contributed by atoms with Crippen LogP contribution in [0.4, 0.5) is 10.6 Å². The second kappa shape index (κ2) is 7.64. The summed E-state index contributed by atoms with van der Waals surface area (Å²) in [5.74, 6) is 2.05. The lowest BCUT2D eigenvalue weighted by atomic mass is 10.0. The predicted octanol–water partition coefficient (Wildman–Crippen LogP) is 4.08. The number of amides is 2. The lowest BCUT2D eigenvalue weighted by molar-refractivity contribution is 0.206. The van der Waals surface area contributed by atoms with Crippen molar-refractivity contribution in [3.8, 4) is 11.5 Å². The molecule has 2 heterocycles. The number of carbonyl (C=O) groups excluding carboxylic acids is 1. The molecule has 6 nitrogen and oxygen atoms in total. The molecule has 26 heavy (non-hydrogen) atoms. The number of urea groups is 1. The van der Waals surface area contributed by atoms with Gasteiger partial charge in [-0.15, -0.1) is 0 Å². The Kier molecular flexibility index (Phi) is 5.30. The van der Waals surface area contributed by atoms with Crippen LogP contribution < -0.4 is 14.8 Å². The Bertz CT molecular complexity index is 787. The van der Waals surface area contributed by atoms with E-state index in [0.29, 0.717) is 12.4 Å². The summed E-state index contributed by atoms with van der Waals surface area (Å²) in [5, 5.41) is 2.94. The first-order chi connectivity index (χ1) is 12.5. The summed E-state index contributed by atoms with van der Waals surface area (Å²) in [6.45, 7) is 4.62. The SMILES string of the molecule is COc1ccc([C@H]2CCCN2C(=O)Nc2cc(C)cc(C)n2)c(OC)c1. The molecule has 6 heteroatoms. The van der Waals surface area contributed by atoms with E-state index >= 15 is 0 Å². The largest absolute Gasteiger partial charge is 0.497 e. The van der Waals surface area contributed by atoms with Crippen LogP contribution in [-0.2, 0) is 0 Å². The Balaban J connectivity index is 1.82. The molecule has 0 spiro atoms. The van der Waals surface area contributed by atoms with Crippen molar-refractivity contribution in [3.05, 3.63) is 47.2 Å². The molecular formula is C20H25N3O3. The smallest absolute Gasteiger partial charge is 0.323 e. The number of rotatable bonds is 4. The fraction of sp³-hybridized carbons (Fsp3) is 0.400. The van der Waals surface area contributed by atoms with Gasteiger partial charge in [0.25, 0.3) is 0 Å². The average Bonchev–Trinajstić information content (AvgIpc) is 3.09. The quantitative estimate of drug-likeness (QED) is 0.897. The highest BCUT2D eigenvalue weighted by atomic mass is 16.5. The number of carbonyl (C=O) groups is 1. The van der Waals surface area contributed by atoms with Crippen LogP contribution in [0.25, 0.3) is 0 Å². The molecule has 2 amide bonds. The van der Waals surface area contributed by atoms with Crippen LogP contribution in [0.3, 0.4) is 0 Å². The van der Waals surface area contributed by atoms with Crippen LogP contribution >= 0.6 is 0 Å². The zero-order chi connectivity index (χ0) is 18.7. The summed E-state index contributed by atoms with van der Waals surface area (Å²) in [5.41, 5.74) is 2.95. The van der Waals surface area contributed by atoms with Crippen molar-refractivity contribution < 1.29 is 14.3 Å². The maximum absolute atomic E-state index is 12.9. The van der Waals surface area contributed by atoms with Crippen LogP contribution in [0.2, 0.25) is 0 Å².